The Hall–Kier alpha value is -2.00. The summed E-state index contributed by atoms with van der Waals surface area (Å²) in [5, 5.41) is 20.0. The fraction of sp³-hybridized carbons (Fsp3) is 0.368. The summed E-state index contributed by atoms with van der Waals surface area (Å²) in [4.78, 5) is 2.25. The molecule has 0 atom stereocenters. The highest BCUT2D eigenvalue weighted by molar-refractivity contribution is 5.33. The molecule has 0 aliphatic carbocycles. The predicted molar refractivity (Wildman–Crippen MR) is 89.8 cm³/mol. The van der Waals surface area contributed by atoms with Crippen LogP contribution in [0.5, 0.6) is 11.5 Å². The third-order valence-electron chi connectivity index (χ3n) is 3.47. The van der Waals surface area contributed by atoms with E-state index in [1.54, 1.807) is 12.1 Å². The monoisotopic (exact) mass is 299 g/mol. The molecule has 3 heteroatoms. The van der Waals surface area contributed by atoms with E-state index in [0.29, 0.717) is 24.6 Å². The Kier molecular flexibility index (Phi) is 5.09. The van der Waals surface area contributed by atoms with Crippen molar-refractivity contribution >= 4 is 0 Å². The van der Waals surface area contributed by atoms with Crippen LogP contribution in [0.15, 0.2) is 48.5 Å². The number of aromatic hydroxyl groups is 2. The minimum atomic E-state index is 0.134. The molecular formula is C19H25NO2. The van der Waals surface area contributed by atoms with Crippen molar-refractivity contribution in [3.05, 3.63) is 59.7 Å². The molecule has 118 valence electrons. The van der Waals surface area contributed by atoms with E-state index in [1.807, 2.05) is 36.4 Å². The molecule has 0 fully saturated rings. The summed E-state index contributed by atoms with van der Waals surface area (Å²) in [5.41, 5.74) is 1.94. The fourth-order valence-electron chi connectivity index (χ4n) is 2.61. The van der Waals surface area contributed by atoms with Crippen molar-refractivity contribution in [2.75, 3.05) is 6.54 Å². The van der Waals surface area contributed by atoms with E-state index in [2.05, 4.69) is 25.7 Å². The molecule has 2 aromatic rings. The molecular weight excluding hydrogens is 274 g/mol. The number of hydrogen-bond donors (Lipinski definition) is 2. The van der Waals surface area contributed by atoms with Gasteiger partial charge in [0, 0.05) is 30.8 Å². The smallest absolute Gasteiger partial charge is 0.120 e. The number of nitrogens with zero attached hydrogens (tertiary/aromatic N) is 1. The first-order valence-electron chi connectivity index (χ1n) is 7.61. The maximum atomic E-state index is 10.0. The average molecular weight is 299 g/mol. The quantitative estimate of drug-likeness (QED) is 0.872. The van der Waals surface area contributed by atoms with Crippen molar-refractivity contribution < 1.29 is 10.2 Å². The van der Waals surface area contributed by atoms with Gasteiger partial charge in [0.05, 0.1) is 0 Å². The van der Waals surface area contributed by atoms with Crippen molar-refractivity contribution in [1.29, 1.82) is 0 Å². The standard InChI is InChI=1S/C19H25NO2/c1-19(2,3)14-20(12-15-8-4-6-10-17(15)21)13-16-9-5-7-11-18(16)22/h4-11,21-22H,12-14H2,1-3H3. The van der Waals surface area contributed by atoms with Crippen LogP contribution in [0.4, 0.5) is 0 Å². The zero-order valence-corrected chi connectivity index (χ0v) is 13.6. The summed E-state index contributed by atoms with van der Waals surface area (Å²) in [5.74, 6) is 0.636. The minimum Gasteiger partial charge on any atom is -0.508 e. The van der Waals surface area contributed by atoms with Crippen LogP contribution in [-0.2, 0) is 13.1 Å². The van der Waals surface area contributed by atoms with Gasteiger partial charge in [-0.05, 0) is 17.5 Å². The lowest BCUT2D eigenvalue weighted by atomic mass is 9.95. The summed E-state index contributed by atoms with van der Waals surface area (Å²) in [6, 6.07) is 14.8. The van der Waals surface area contributed by atoms with Gasteiger partial charge in [0.2, 0.25) is 0 Å². The molecule has 0 aliphatic rings. The van der Waals surface area contributed by atoms with Gasteiger partial charge >= 0.3 is 0 Å². The largest absolute Gasteiger partial charge is 0.508 e. The summed E-state index contributed by atoms with van der Waals surface area (Å²) in [6.45, 7) is 8.74. The van der Waals surface area contributed by atoms with E-state index >= 15 is 0 Å². The summed E-state index contributed by atoms with van der Waals surface area (Å²) in [7, 11) is 0. The van der Waals surface area contributed by atoms with Crippen LogP contribution in [0, 0.1) is 5.41 Å². The second-order valence-corrected chi connectivity index (χ2v) is 6.96. The molecule has 3 nitrogen and oxygen atoms in total. The second-order valence-electron chi connectivity index (χ2n) is 6.96. The van der Waals surface area contributed by atoms with Gasteiger partial charge in [-0.1, -0.05) is 57.2 Å². The van der Waals surface area contributed by atoms with Crippen molar-refractivity contribution in [3.63, 3.8) is 0 Å². The van der Waals surface area contributed by atoms with Gasteiger partial charge < -0.3 is 10.2 Å². The van der Waals surface area contributed by atoms with Gasteiger partial charge in [-0.25, -0.2) is 0 Å². The van der Waals surface area contributed by atoms with E-state index < -0.39 is 0 Å². The Morgan fingerprint density at radius 1 is 0.773 bits per heavy atom. The molecule has 0 radical (unpaired) electrons. The normalized spacial score (nSPS) is 11.8. The zero-order chi connectivity index (χ0) is 16.2. The molecule has 0 amide bonds. The molecule has 2 rings (SSSR count). The van der Waals surface area contributed by atoms with Crippen LogP contribution in [0.3, 0.4) is 0 Å². The summed E-state index contributed by atoms with van der Waals surface area (Å²) in [6.07, 6.45) is 0. The molecule has 22 heavy (non-hydrogen) atoms. The Balaban J connectivity index is 2.20. The third kappa shape index (κ3) is 4.78. The number of para-hydroxylation sites is 2. The number of phenols is 2. The topological polar surface area (TPSA) is 43.7 Å². The Labute approximate surface area is 132 Å². The van der Waals surface area contributed by atoms with Crippen LogP contribution >= 0.6 is 0 Å². The Morgan fingerprint density at radius 2 is 1.18 bits per heavy atom. The van der Waals surface area contributed by atoms with E-state index in [1.165, 1.54) is 0 Å². The van der Waals surface area contributed by atoms with Gasteiger partial charge in [-0.15, -0.1) is 0 Å². The second kappa shape index (κ2) is 6.84. The van der Waals surface area contributed by atoms with E-state index in [4.69, 9.17) is 0 Å². The Morgan fingerprint density at radius 3 is 1.55 bits per heavy atom. The lowest BCUT2D eigenvalue weighted by molar-refractivity contribution is 0.173. The molecule has 0 bridgehead atoms. The fourth-order valence-corrected chi connectivity index (χ4v) is 2.61. The van der Waals surface area contributed by atoms with Crippen LogP contribution in [0.1, 0.15) is 31.9 Å². The highest BCUT2D eigenvalue weighted by atomic mass is 16.3. The molecule has 0 aliphatic heterocycles. The summed E-state index contributed by atoms with van der Waals surface area (Å²) < 4.78 is 0. The number of phenolic OH excluding ortho intramolecular Hbond substituents is 2. The molecule has 2 N–H and O–H groups in total. The lowest BCUT2D eigenvalue weighted by Gasteiger charge is -2.30. The molecule has 0 spiro atoms. The average Bonchev–Trinajstić information content (AvgIpc) is 2.42. The lowest BCUT2D eigenvalue weighted by Crippen LogP contribution is -2.32. The Bertz CT molecular complexity index is 569. The molecule has 0 heterocycles. The highest BCUT2D eigenvalue weighted by Gasteiger charge is 2.19. The first-order valence-corrected chi connectivity index (χ1v) is 7.61. The first-order chi connectivity index (χ1) is 10.3. The van der Waals surface area contributed by atoms with Crippen LogP contribution in [0.25, 0.3) is 0 Å². The molecule has 0 saturated heterocycles. The van der Waals surface area contributed by atoms with Crippen molar-refractivity contribution in [2.24, 2.45) is 5.41 Å². The third-order valence-corrected chi connectivity index (χ3v) is 3.47. The SMILES string of the molecule is CC(C)(C)CN(Cc1ccccc1O)Cc1ccccc1O. The van der Waals surface area contributed by atoms with E-state index in [-0.39, 0.29) is 5.41 Å². The van der Waals surface area contributed by atoms with Gasteiger partial charge in [0.15, 0.2) is 0 Å². The first kappa shape index (κ1) is 16.4. The van der Waals surface area contributed by atoms with Crippen LogP contribution in [0.2, 0.25) is 0 Å². The highest BCUT2D eigenvalue weighted by Crippen LogP contribution is 2.25. The zero-order valence-electron chi connectivity index (χ0n) is 13.6. The number of rotatable bonds is 5. The molecule has 0 aromatic heterocycles. The van der Waals surface area contributed by atoms with E-state index in [9.17, 15) is 10.2 Å². The maximum Gasteiger partial charge on any atom is 0.120 e. The number of benzene rings is 2. The molecule has 2 aromatic carbocycles. The summed E-state index contributed by atoms with van der Waals surface area (Å²) >= 11 is 0. The van der Waals surface area contributed by atoms with Crippen LogP contribution in [-0.4, -0.2) is 21.7 Å². The minimum absolute atomic E-state index is 0.134. The molecule has 0 unspecified atom stereocenters. The number of hydrogen-bond acceptors (Lipinski definition) is 3. The van der Waals surface area contributed by atoms with Crippen LogP contribution < -0.4 is 0 Å². The van der Waals surface area contributed by atoms with Crippen molar-refractivity contribution in [1.82, 2.24) is 4.90 Å². The maximum absolute atomic E-state index is 10.0. The van der Waals surface area contributed by atoms with Gasteiger partial charge in [-0.2, -0.15) is 0 Å². The van der Waals surface area contributed by atoms with Gasteiger partial charge in [0.25, 0.3) is 0 Å². The van der Waals surface area contributed by atoms with Gasteiger partial charge in [-0.3, -0.25) is 4.90 Å². The van der Waals surface area contributed by atoms with Crippen molar-refractivity contribution in [3.8, 4) is 11.5 Å². The van der Waals surface area contributed by atoms with Gasteiger partial charge in [0.1, 0.15) is 11.5 Å². The van der Waals surface area contributed by atoms with E-state index in [0.717, 1.165) is 17.7 Å². The predicted octanol–water partition coefficient (Wildman–Crippen LogP) is 4.15. The molecule has 0 saturated carbocycles. The van der Waals surface area contributed by atoms with Crippen molar-refractivity contribution in [2.45, 2.75) is 33.9 Å².